The van der Waals surface area contributed by atoms with E-state index in [1.165, 1.54) is 12.3 Å². The van der Waals surface area contributed by atoms with Crippen LogP contribution in [-0.2, 0) is 0 Å². The number of nitro groups is 1. The molecule has 0 spiro atoms. The highest BCUT2D eigenvalue weighted by atomic mass is 16.6. The molecular formula is C13H12N4O3. The van der Waals surface area contributed by atoms with Gasteiger partial charge in [0.2, 0.25) is 5.75 Å². The molecule has 2 rings (SSSR count). The van der Waals surface area contributed by atoms with Crippen molar-refractivity contribution in [1.29, 1.82) is 5.41 Å². The minimum Gasteiger partial charge on any atom is -0.448 e. The van der Waals surface area contributed by atoms with Gasteiger partial charge in [0.15, 0.2) is 5.75 Å². The van der Waals surface area contributed by atoms with E-state index in [2.05, 4.69) is 4.98 Å². The molecule has 0 atom stereocenters. The summed E-state index contributed by atoms with van der Waals surface area (Å²) in [6.07, 6.45) is 1.47. The number of rotatable bonds is 4. The fourth-order valence-electron chi connectivity index (χ4n) is 1.65. The van der Waals surface area contributed by atoms with Crippen molar-refractivity contribution in [3.8, 4) is 11.5 Å². The minimum atomic E-state index is -0.529. The van der Waals surface area contributed by atoms with Gasteiger partial charge in [-0.2, -0.15) is 0 Å². The first-order valence-electron chi connectivity index (χ1n) is 5.71. The summed E-state index contributed by atoms with van der Waals surface area (Å²) in [5, 5.41) is 18.4. The van der Waals surface area contributed by atoms with Gasteiger partial charge in [0.1, 0.15) is 11.5 Å². The molecule has 0 radical (unpaired) electrons. The van der Waals surface area contributed by atoms with Gasteiger partial charge in [0.25, 0.3) is 0 Å². The molecule has 1 aromatic heterocycles. The second-order valence-electron chi connectivity index (χ2n) is 4.09. The van der Waals surface area contributed by atoms with Gasteiger partial charge in [-0.1, -0.05) is 6.07 Å². The molecule has 1 heterocycles. The number of hydrogen-bond acceptors (Lipinski definition) is 5. The summed E-state index contributed by atoms with van der Waals surface area (Å²) in [7, 11) is 0. The Morgan fingerprint density at radius 1 is 1.40 bits per heavy atom. The van der Waals surface area contributed by atoms with Gasteiger partial charge in [-0.15, -0.1) is 0 Å². The number of nitrogen functional groups attached to an aromatic ring is 1. The zero-order valence-electron chi connectivity index (χ0n) is 10.7. The first-order valence-corrected chi connectivity index (χ1v) is 5.71. The average molecular weight is 272 g/mol. The van der Waals surface area contributed by atoms with Gasteiger partial charge in [0, 0.05) is 12.3 Å². The highest BCUT2D eigenvalue weighted by Crippen LogP contribution is 2.32. The van der Waals surface area contributed by atoms with Crippen LogP contribution in [-0.4, -0.2) is 15.7 Å². The number of aryl methyl sites for hydroxylation is 1. The zero-order valence-corrected chi connectivity index (χ0v) is 10.7. The third-order valence-corrected chi connectivity index (χ3v) is 2.56. The number of nitrogens with zero attached hydrogens (tertiary/aromatic N) is 2. The highest BCUT2D eigenvalue weighted by Gasteiger charge is 2.18. The third kappa shape index (κ3) is 2.72. The molecule has 0 unspecified atom stereocenters. The lowest BCUT2D eigenvalue weighted by Gasteiger charge is -2.09. The van der Waals surface area contributed by atoms with Gasteiger partial charge in [-0.25, -0.2) is 4.98 Å². The summed E-state index contributed by atoms with van der Waals surface area (Å²) < 4.78 is 5.52. The largest absolute Gasteiger partial charge is 0.448 e. The average Bonchev–Trinajstić information content (AvgIpc) is 2.38. The van der Waals surface area contributed by atoms with Crippen molar-refractivity contribution in [3.63, 3.8) is 0 Å². The van der Waals surface area contributed by atoms with Crippen LogP contribution in [0.4, 0.5) is 5.69 Å². The van der Waals surface area contributed by atoms with Gasteiger partial charge in [0.05, 0.1) is 4.92 Å². The Labute approximate surface area is 114 Å². The smallest absolute Gasteiger partial charge is 0.311 e. The van der Waals surface area contributed by atoms with Gasteiger partial charge >= 0.3 is 5.69 Å². The van der Waals surface area contributed by atoms with E-state index in [-0.39, 0.29) is 28.7 Å². The number of hydrogen-bond donors (Lipinski definition) is 2. The fourth-order valence-corrected chi connectivity index (χ4v) is 1.65. The predicted octanol–water partition coefficient (Wildman–Crippen LogP) is 2.37. The zero-order chi connectivity index (χ0) is 14.7. The molecule has 1 aromatic carbocycles. The van der Waals surface area contributed by atoms with Crippen LogP contribution in [0.25, 0.3) is 0 Å². The number of aromatic nitrogens is 1. The van der Waals surface area contributed by atoms with E-state index in [1.807, 2.05) is 0 Å². The minimum absolute atomic E-state index is 0.0884. The van der Waals surface area contributed by atoms with E-state index < -0.39 is 4.92 Å². The highest BCUT2D eigenvalue weighted by molar-refractivity contribution is 5.95. The van der Waals surface area contributed by atoms with E-state index in [0.717, 1.165) is 5.56 Å². The molecule has 0 fully saturated rings. The topological polar surface area (TPSA) is 115 Å². The van der Waals surface area contributed by atoms with Crippen LogP contribution >= 0.6 is 0 Å². The van der Waals surface area contributed by atoms with E-state index >= 15 is 0 Å². The summed E-state index contributed by atoms with van der Waals surface area (Å²) in [6.45, 7) is 1.80. The Morgan fingerprint density at radius 2 is 2.15 bits per heavy atom. The second-order valence-corrected chi connectivity index (χ2v) is 4.09. The number of nitrogens with two attached hydrogens (primary N) is 1. The Hall–Kier alpha value is -2.96. The summed E-state index contributed by atoms with van der Waals surface area (Å²) in [6, 6.07) is 7.70. The Morgan fingerprint density at radius 3 is 2.80 bits per heavy atom. The van der Waals surface area contributed by atoms with Crippen molar-refractivity contribution in [2.24, 2.45) is 5.73 Å². The summed E-state index contributed by atoms with van der Waals surface area (Å²) in [4.78, 5) is 14.4. The molecule has 0 aliphatic rings. The number of nitro benzene ring substituents is 1. The maximum atomic E-state index is 11.0. The van der Waals surface area contributed by atoms with Crippen LogP contribution in [0, 0.1) is 22.4 Å². The monoisotopic (exact) mass is 272 g/mol. The summed E-state index contributed by atoms with van der Waals surface area (Å²) in [5.41, 5.74) is 6.20. The first-order chi connectivity index (χ1) is 9.49. The maximum absolute atomic E-state index is 11.0. The Kier molecular flexibility index (Phi) is 3.60. The van der Waals surface area contributed by atoms with Crippen molar-refractivity contribution in [3.05, 3.63) is 57.9 Å². The van der Waals surface area contributed by atoms with Crippen molar-refractivity contribution < 1.29 is 9.66 Å². The van der Waals surface area contributed by atoms with Crippen LogP contribution < -0.4 is 10.5 Å². The molecule has 0 bridgehead atoms. The van der Waals surface area contributed by atoms with E-state index in [0.29, 0.717) is 0 Å². The molecule has 102 valence electrons. The summed E-state index contributed by atoms with van der Waals surface area (Å²) >= 11 is 0. The molecule has 0 saturated carbocycles. The molecule has 0 aliphatic heterocycles. The molecule has 20 heavy (non-hydrogen) atoms. The number of ether oxygens (including phenoxy) is 1. The SMILES string of the molecule is Cc1ccc([N+](=O)[O-])c(Oc2cccnc2C(=N)N)c1. The van der Waals surface area contributed by atoms with Crippen molar-refractivity contribution in [1.82, 2.24) is 4.98 Å². The molecule has 0 saturated heterocycles. The van der Waals surface area contributed by atoms with E-state index in [4.69, 9.17) is 15.9 Å². The van der Waals surface area contributed by atoms with Crippen molar-refractivity contribution >= 4 is 11.5 Å². The number of amidine groups is 1. The normalized spacial score (nSPS) is 10.1. The maximum Gasteiger partial charge on any atom is 0.311 e. The summed E-state index contributed by atoms with van der Waals surface area (Å²) in [5.74, 6) is 0.0232. The fraction of sp³-hybridized carbons (Fsp3) is 0.0769. The Bertz CT molecular complexity index is 685. The molecule has 0 amide bonds. The van der Waals surface area contributed by atoms with E-state index in [9.17, 15) is 10.1 Å². The Balaban J connectivity index is 2.47. The number of pyridine rings is 1. The van der Waals surface area contributed by atoms with Crippen molar-refractivity contribution in [2.75, 3.05) is 0 Å². The van der Waals surface area contributed by atoms with Crippen LogP contribution in [0.3, 0.4) is 0 Å². The first kappa shape index (κ1) is 13.5. The van der Waals surface area contributed by atoms with Gasteiger partial charge < -0.3 is 10.5 Å². The van der Waals surface area contributed by atoms with Crippen LogP contribution in [0.1, 0.15) is 11.3 Å². The third-order valence-electron chi connectivity index (χ3n) is 2.56. The quantitative estimate of drug-likeness (QED) is 0.383. The lowest BCUT2D eigenvalue weighted by molar-refractivity contribution is -0.385. The molecule has 0 aliphatic carbocycles. The lowest BCUT2D eigenvalue weighted by atomic mass is 10.2. The van der Waals surface area contributed by atoms with Crippen LogP contribution in [0.5, 0.6) is 11.5 Å². The van der Waals surface area contributed by atoms with Crippen LogP contribution in [0.15, 0.2) is 36.5 Å². The van der Waals surface area contributed by atoms with E-state index in [1.54, 1.807) is 31.2 Å². The molecular weight excluding hydrogens is 260 g/mol. The number of nitrogens with one attached hydrogen (secondary N) is 1. The van der Waals surface area contributed by atoms with Gasteiger partial charge in [-0.05, 0) is 30.7 Å². The van der Waals surface area contributed by atoms with Gasteiger partial charge in [-0.3, -0.25) is 15.5 Å². The molecule has 7 nitrogen and oxygen atoms in total. The predicted molar refractivity (Wildman–Crippen MR) is 73.2 cm³/mol. The standard InChI is InChI=1S/C13H12N4O3/c1-8-4-5-9(17(18)19)11(7-8)20-10-3-2-6-16-12(10)13(14)15/h2-7H,1H3,(H3,14,15). The van der Waals surface area contributed by atoms with Crippen molar-refractivity contribution in [2.45, 2.75) is 6.92 Å². The molecule has 3 N–H and O–H groups in total. The second kappa shape index (κ2) is 5.35. The van der Waals surface area contributed by atoms with Crippen LogP contribution in [0.2, 0.25) is 0 Å². The molecule has 7 heteroatoms. The lowest BCUT2D eigenvalue weighted by Crippen LogP contribution is -2.14. The molecule has 2 aromatic rings. The number of benzene rings is 1.